The molecule has 8 nitrogen and oxygen atoms in total. The quantitative estimate of drug-likeness (QED) is 0.0214. The fourth-order valence-electron chi connectivity index (χ4n) is 6.03. The Kier molecular flexibility index (Phi) is 43.7. The van der Waals surface area contributed by atoms with Crippen LogP contribution in [0.25, 0.3) is 0 Å². The molecule has 0 aromatic heterocycles. The van der Waals surface area contributed by atoms with Crippen molar-refractivity contribution in [2.45, 2.75) is 174 Å². The van der Waals surface area contributed by atoms with Crippen LogP contribution < -0.4 is 0 Å². The Morgan fingerprint density at radius 2 is 0.921 bits per heavy atom. The molecule has 9 heteroatoms. The molecule has 0 aromatic carbocycles. The molecule has 0 saturated heterocycles. The average molecular weight is 899 g/mol. The Morgan fingerprint density at radius 3 is 1.38 bits per heavy atom. The summed E-state index contributed by atoms with van der Waals surface area (Å²) in [4.78, 5) is 23.0. The highest BCUT2D eigenvalue weighted by molar-refractivity contribution is 7.47. The van der Waals surface area contributed by atoms with E-state index in [4.69, 9.17) is 18.5 Å². The van der Waals surface area contributed by atoms with Crippen molar-refractivity contribution in [3.8, 4) is 0 Å². The van der Waals surface area contributed by atoms with Gasteiger partial charge in [0.25, 0.3) is 0 Å². The molecule has 0 saturated carbocycles. The Labute approximate surface area is 387 Å². The highest BCUT2D eigenvalue weighted by Gasteiger charge is 2.26. The summed E-state index contributed by atoms with van der Waals surface area (Å²) in [5.74, 6) is -0.354. The van der Waals surface area contributed by atoms with E-state index in [9.17, 15) is 14.3 Å². The maximum absolute atomic E-state index is 12.7. The van der Waals surface area contributed by atoms with Crippen LogP contribution in [0.2, 0.25) is 0 Å². The van der Waals surface area contributed by atoms with Crippen LogP contribution >= 0.6 is 7.82 Å². The minimum atomic E-state index is -4.30. The maximum Gasteiger partial charge on any atom is 0.472 e. The second-order valence-electron chi connectivity index (χ2n) is 17.1. The van der Waals surface area contributed by atoms with Gasteiger partial charge in [-0.3, -0.25) is 13.8 Å². The predicted molar refractivity (Wildman–Crippen MR) is 270 cm³/mol. The van der Waals surface area contributed by atoms with Gasteiger partial charge in [-0.05, 0) is 103 Å². The molecule has 0 fully saturated rings. The molecule has 0 aliphatic rings. The lowest BCUT2D eigenvalue weighted by Crippen LogP contribution is -2.37. The number of unbranched alkanes of at least 4 members (excludes halogenated alkanes) is 12. The lowest BCUT2D eigenvalue weighted by molar-refractivity contribution is -0.870. The average Bonchev–Trinajstić information content (AvgIpc) is 3.24. The molecular formula is C54H93NO7P+. The fourth-order valence-corrected chi connectivity index (χ4v) is 6.77. The number of phosphoric acid groups is 1. The molecular weight excluding hydrogens is 806 g/mol. The Balaban J connectivity index is 4.30. The van der Waals surface area contributed by atoms with Gasteiger partial charge in [0.05, 0.1) is 34.4 Å². The van der Waals surface area contributed by atoms with Gasteiger partial charge in [-0.15, -0.1) is 0 Å². The number of quaternary nitrogens is 1. The zero-order valence-corrected chi connectivity index (χ0v) is 41.7. The van der Waals surface area contributed by atoms with Gasteiger partial charge in [-0.2, -0.15) is 0 Å². The molecule has 0 bridgehead atoms. The van der Waals surface area contributed by atoms with Crippen molar-refractivity contribution in [3.63, 3.8) is 0 Å². The zero-order chi connectivity index (χ0) is 46.2. The van der Waals surface area contributed by atoms with Crippen molar-refractivity contribution in [2.24, 2.45) is 0 Å². The van der Waals surface area contributed by atoms with Crippen molar-refractivity contribution < 1.29 is 37.3 Å². The van der Waals surface area contributed by atoms with Gasteiger partial charge >= 0.3 is 13.8 Å². The van der Waals surface area contributed by atoms with Crippen molar-refractivity contribution in [2.75, 3.05) is 54.1 Å². The predicted octanol–water partition coefficient (Wildman–Crippen LogP) is 15.2. The number of carbonyl (C=O) groups is 1. The molecule has 0 aliphatic heterocycles. The SMILES string of the molecule is CC/C=C\C/C=C\C/C=C\C/C=C\C/C=C\C/C=C\C/C=C\CCCCCC(=O)OC(COCCCCCCCC/C=C\C/C=C\CCCCC)COP(=O)(O)OCC[N+](C)(C)C. The van der Waals surface area contributed by atoms with E-state index in [2.05, 4.69) is 123 Å². The smallest absolute Gasteiger partial charge is 0.457 e. The molecule has 360 valence electrons. The van der Waals surface area contributed by atoms with Crippen molar-refractivity contribution in [1.82, 2.24) is 0 Å². The van der Waals surface area contributed by atoms with Gasteiger partial charge in [-0.25, -0.2) is 4.57 Å². The number of allylic oxidation sites excluding steroid dienone is 18. The summed E-state index contributed by atoms with van der Waals surface area (Å²) < 4.78 is 35.0. The highest BCUT2D eigenvalue weighted by Crippen LogP contribution is 2.43. The monoisotopic (exact) mass is 899 g/mol. The molecule has 0 heterocycles. The Bertz CT molecular complexity index is 1370. The third kappa shape index (κ3) is 50.0. The van der Waals surface area contributed by atoms with Gasteiger partial charge in [0, 0.05) is 13.0 Å². The van der Waals surface area contributed by atoms with Crippen LogP contribution in [0.3, 0.4) is 0 Å². The molecule has 0 amide bonds. The van der Waals surface area contributed by atoms with Crippen molar-refractivity contribution in [1.29, 1.82) is 0 Å². The largest absolute Gasteiger partial charge is 0.472 e. The normalized spacial score (nSPS) is 14.6. The van der Waals surface area contributed by atoms with Gasteiger partial charge in [0.1, 0.15) is 19.3 Å². The van der Waals surface area contributed by atoms with Crippen LogP contribution in [0.1, 0.15) is 168 Å². The minimum absolute atomic E-state index is 0.0729. The van der Waals surface area contributed by atoms with Crippen molar-refractivity contribution >= 4 is 13.8 Å². The number of ether oxygens (including phenoxy) is 2. The number of phosphoric ester groups is 1. The van der Waals surface area contributed by atoms with E-state index in [1.165, 1.54) is 44.9 Å². The first kappa shape index (κ1) is 60.2. The van der Waals surface area contributed by atoms with E-state index < -0.39 is 13.9 Å². The third-order valence-corrected chi connectivity index (χ3v) is 10.8. The zero-order valence-electron chi connectivity index (χ0n) is 40.8. The number of carbonyl (C=O) groups excluding carboxylic acids is 1. The summed E-state index contributed by atoms with van der Waals surface area (Å²) in [5.41, 5.74) is 0. The summed E-state index contributed by atoms with van der Waals surface area (Å²) >= 11 is 0. The lowest BCUT2D eigenvalue weighted by atomic mass is 10.1. The third-order valence-electron chi connectivity index (χ3n) is 9.82. The molecule has 0 aliphatic carbocycles. The van der Waals surface area contributed by atoms with E-state index in [0.717, 1.165) is 96.3 Å². The number of esters is 1. The topological polar surface area (TPSA) is 91.3 Å². The first-order valence-electron chi connectivity index (χ1n) is 24.6. The van der Waals surface area contributed by atoms with E-state index in [1.807, 2.05) is 21.1 Å². The molecule has 0 aromatic rings. The number of nitrogens with zero attached hydrogens (tertiary/aromatic N) is 1. The molecule has 1 N–H and O–H groups in total. The van der Waals surface area contributed by atoms with Crippen LogP contribution in [-0.4, -0.2) is 75.6 Å². The van der Waals surface area contributed by atoms with Gasteiger partial charge in [-0.1, -0.05) is 168 Å². The fraction of sp³-hybridized carbons (Fsp3) is 0.648. The number of likely N-dealkylation sites (N-methyl/N-ethyl adjacent to an activating group) is 1. The number of rotatable bonds is 44. The second-order valence-corrected chi connectivity index (χ2v) is 18.6. The first-order valence-corrected chi connectivity index (χ1v) is 26.1. The number of hydrogen-bond donors (Lipinski definition) is 1. The molecule has 0 radical (unpaired) electrons. The van der Waals surface area contributed by atoms with Crippen LogP contribution in [0.5, 0.6) is 0 Å². The minimum Gasteiger partial charge on any atom is -0.457 e. The Hall–Kier alpha value is -2.84. The molecule has 0 rings (SSSR count). The van der Waals surface area contributed by atoms with Crippen LogP contribution in [0, 0.1) is 0 Å². The summed E-state index contributed by atoms with van der Waals surface area (Å²) in [6, 6.07) is 0. The number of hydrogen-bond acceptors (Lipinski definition) is 6. The van der Waals surface area contributed by atoms with E-state index in [-0.39, 0.29) is 32.2 Å². The van der Waals surface area contributed by atoms with Crippen molar-refractivity contribution in [3.05, 3.63) is 109 Å². The van der Waals surface area contributed by atoms with E-state index >= 15 is 0 Å². The second kappa shape index (κ2) is 45.7. The van der Waals surface area contributed by atoms with Crippen LogP contribution in [0.4, 0.5) is 0 Å². The molecule has 0 spiro atoms. The van der Waals surface area contributed by atoms with Gasteiger partial charge < -0.3 is 18.9 Å². The Morgan fingerprint density at radius 1 is 0.508 bits per heavy atom. The standard InChI is InChI=1S/C54H92NO7P/c1-6-8-10-12-14-16-18-20-22-24-25-26-27-28-29-30-31-32-33-35-37-39-41-43-45-47-54(56)62-53(52-61-63(57,58)60-50-48-55(3,4)5)51-59-49-46-44-42-40-38-36-34-23-21-19-17-15-13-11-9-7-2/h8,10,14-17,20-23,25-26,28-29,31-32,35,37,53H,6-7,9,11-13,18-19,24,27,30,33-34,36,38-52H2,1-5H3/p+1/b10-8-,16-14-,17-15-,22-20-,23-21-,26-25-,29-28-,32-31-,37-35-. The highest BCUT2D eigenvalue weighted by atomic mass is 31.2. The molecule has 63 heavy (non-hydrogen) atoms. The first-order chi connectivity index (χ1) is 30.6. The molecule has 2 atom stereocenters. The summed E-state index contributed by atoms with van der Waals surface area (Å²) in [6.45, 7) is 5.38. The van der Waals surface area contributed by atoms with Gasteiger partial charge in [0.2, 0.25) is 0 Å². The van der Waals surface area contributed by atoms with E-state index in [0.29, 0.717) is 24.1 Å². The van der Waals surface area contributed by atoms with Crippen LogP contribution in [-0.2, 0) is 27.9 Å². The lowest BCUT2D eigenvalue weighted by Gasteiger charge is -2.24. The van der Waals surface area contributed by atoms with E-state index in [1.54, 1.807) is 0 Å². The molecule has 2 unspecified atom stereocenters. The van der Waals surface area contributed by atoms with Gasteiger partial charge in [0.15, 0.2) is 0 Å². The summed E-state index contributed by atoms with van der Waals surface area (Å²) in [7, 11) is 1.62. The summed E-state index contributed by atoms with van der Waals surface area (Å²) in [5, 5.41) is 0. The maximum atomic E-state index is 12.7. The van der Waals surface area contributed by atoms with Crippen LogP contribution in [0.15, 0.2) is 109 Å². The summed E-state index contributed by atoms with van der Waals surface area (Å²) in [6.07, 6.45) is 64.2.